The lowest BCUT2D eigenvalue weighted by Gasteiger charge is -2.27. The average molecular weight is 292 g/mol. The van der Waals surface area contributed by atoms with Gasteiger partial charge in [0.25, 0.3) is 0 Å². The molecule has 0 spiro atoms. The van der Waals surface area contributed by atoms with Crippen molar-refractivity contribution in [2.24, 2.45) is 5.73 Å². The maximum atomic E-state index is 12.3. The molecule has 114 valence electrons. The second-order valence-electron chi connectivity index (χ2n) is 4.95. The van der Waals surface area contributed by atoms with Crippen molar-refractivity contribution in [2.45, 2.75) is 31.5 Å². The summed E-state index contributed by atoms with van der Waals surface area (Å²) in [6, 6.07) is 8.59. The van der Waals surface area contributed by atoms with E-state index in [1.165, 1.54) is 12.0 Å². The van der Waals surface area contributed by atoms with Crippen LogP contribution in [0.3, 0.4) is 0 Å². The van der Waals surface area contributed by atoms with Crippen LogP contribution in [0.1, 0.15) is 18.4 Å². The minimum atomic E-state index is -0.605. The monoisotopic (exact) mass is 292 g/mol. The summed E-state index contributed by atoms with van der Waals surface area (Å²) in [4.78, 5) is 25.4. The number of rotatable bonds is 4. The van der Waals surface area contributed by atoms with Crippen LogP contribution in [-0.4, -0.2) is 42.7 Å². The molecule has 1 aliphatic heterocycles. The van der Waals surface area contributed by atoms with E-state index in [0.717, 1.165) is 5.56 Å². The number of ether oxygens (including phenoxy) is 2. The predicted octanol–water partition coefficient (Wildman–Crippen LogP) is 1.29. The largest absolute Gasteiger partial charge is 0.467 e. The fraction of sp³-hybridized carbons (Fsp3) is 0.467. The lowest BCUT2D eigenvalue weighted by atomic mass is 10.2. The molecule has 2 rings (SSSR count). The Bertz CT molecular complexity index is 492. The molecule has 21 heavy (non-hydrogen) atoms. The first kappa shape index (κ1) is 15.3. The molecule has 2 atom stereocenters. The highest BCUT2D eigenvalue weighted by Crippen LogP contribution is 2.25. The van der Waals surface area contributed by atoms with E-state index in [-0.39, 0.29) is 12.6 Å². The van der Waals surface area contributed by atoms with Crippen LogP contribution in [-0.2, 0) is 20.9 Å². The summed E-state index contributed by atoms with van der Waals surface area (Å²) in [7, 11) is 1.31. The number of nitrogens with two attached hydrogens (primary N) is 1. The van der Waals surface area contributed by atoms with Gasteiger partial charge in [-0.25, -0.2) is 9.59 Å². The summed E-state index contributed by atoms with van der Waals surface area (Å²) in [5.74, 6) is -0.428. The maximum Gasteiger partial charge on any atom is 0.411 e. The molecule has 1 aliphatic rings. The fourth-order valence-corrected chi connectivity index (χ4v) is 2.55. The second kappa shape index (κ2) is 7.08. The highest BCUT2D eigenvalue weighted by Gasteiger charge is 2.41. The lowest BCUT2D eigenvalue weighted by Crippen LogP contribution is -2.48. The van der Waals surface area contributed by atoms with Crippen molar-refractivity contribution in [2.75, 3.05) is 13.7 Å². The van der Waals surface area contributed by atoms with Crippen LogP contribution in [0.2, 0.25) is 0 Å². The van der Waals surface area contributed by atoms with Gasteiger partial charge in [0.1, 0.15) is 12.6 Å². The first-order chi connectivity index (χ1) is 10.2. The SMILES string of the molecule is COC(=O)C1CCC(CN)N1C(=O)OCc1ccccc1. The van der Waals surface area contributed by atoms with E-state index in [9.17, 15) is 9.59 Å². The number of nitrogens with zero attached hydrogens (tertiary/aromatic N) is 1. The minimum absolute atomic E-state index is 0.168. The summed E-state index contributed by atoms with van der Waals surface area (Å²) < 4.78 is 10.0. The Morgan fingerprint density at radius 2 is 2.00 bits per heavy atom. The number of esters is 1. The summed E-state index contributed by atoms with van der Waals surface area (Å²) in [5, 5.41) is 0. The van der Waals surface area contributed by atoms with Crippen LogP contribution in [0.25, 0.3) is 0 Å². The molecule has 0 saturated carbocycles. The van der Waals surface area contributed by atoms with Gasteiger partial charge < -0.3 is 15.2 Å². The van der Waals surface area contributed by atoms with Gasteiger partial charge in [0.05, 0.1) is 7.11 Å². The Morgan fingerprint density at radius 1 is 1.29 bits per heavy atom. The van der Waals surface area contributed by atoms with Crippen LogP contribution in [0.15, 0.2) is 30.3 Å². The number of benzene rings is 1. The first-order valence-electron chi connectivity index (χ1n) is 6.94. The highest BCUT2D eigenvalue weighted by atomic mass is 16.6. The van der Waals surface area contributed by atoms with Crippen LogP contribution < -0.4 is 5.73 Å². The number of hydrogen-bond acceptors (Lipinski definition) is 5. The quantitative estimate of drug-likeness (QED) is 0.846. The highest BCUT2D eigenvalue weighted by molar-refractivity contribution is 5.82. The minimum Gasteiger partial charge on any atom is -0.467 e. The Labute approximate surface area is 123 Å². The van der Waals surface area contributed by atoms with Crippen LogP contribution in [0.5, 0.6) is 0 Å². The third kappa shape index (κ3) is 3.52. The van der Waals surface area contributed by atoms with E-state index in [2.05, 4.69) is 0 Å². The van der Waals surface area contributed by atoms with Crippen molar-refractivity contribution in [3.63, 3.8) is 0 Å². The van der Waals surface area contributed by atoms with Gasteiger partial charge in [-0.1, -0.05) is 30.3 Å². The molecule has 2 N–H and O–H groups in total. The predicted molar refractivity (Wildman–Crippen MR) is 76.3 cm³/mol. The van der Waals surface area contributed by atoms with Crippen molar-refractivity contribution in [1.29, 1.82) is 0 Å². The molecule has 1 saturated heterocycles. The first-order valence-corrected chi connectivity index (χ1v) is 6.94. The van der Waals surface area contributed by atoms with Crippen molar-refractivity contribution in [1.82, 2.24) is 4.90 Å². The van der Waals surface area contributed by atoms with Crippen molar-refractivity contribution in [3.05, 3.63) is 35.9 Å². The molecular formula is C15H20N2O4. The number of likely N-dealkylation sites (tertiary alicyclic amines) is 1. The molecular weight excluding hydrogens is 272 g/mol. The molecule has 6 heteroatoms. The Hall–Kier alpha value is -2.08. The zero-order valence-electron chi connectivity index (χ0n) is 12.0. The van der Waals surface area contributed by atoms with Gasteiger partial charge in [0.2, 0.25) is 0 Å². The molecule has 0 aromatic heterocycles. The summed E-state index contributed by atoms with van der Waals surface area (Å²) in [6.07, 6.45) is 0.702. The van der Waals surface area contributed by atoms with Crippen molar-refractivity contribution in [3.8, 4) is 0 Å². The van der Waals surface area contributed by atoms with E-state index in [1.807, 2.05) is 30.3 Å². The molecule has 6 nitrogen and oxygen atoms in total. The number of hydrogen-bond donors (Lipinski definition) is 1. The number of amides is 1. The third-order valence-corrected chi connectivity index (χ3v) is 3.66. The van der Waals surface area contributed by atoms with Gasteiger partial charge in [0, 0.05) is 12.6 Å². The van der Waals surface area contributed by atoms with E-state index in [1.54, 1.807) is 0 Å². The molecule has 1 aromatic rings. The zero-order chi connectivity index (χ0) is 15.2. The maximum absolute atomic E-state index is 12.3. The standard InChI is InChI=1S/C15H20N2O4/c1-20-14(18)13-8-7-12(9-16)17(13)15(19)21-10-11-5-3-2-4-6-11/h2-6,12-13H,7-10,16H2,1H3. The smallest absolute Gasteiger partial charge is 0.411 e. The Morgan fingerprint density at radius 3 is 2.62 bits per heavy atom. The number of carbonyl (C=O) groups excluding carboxylic acids is 2. The normalized spacial score (nSPS) is 21.1. The van der Waals surface area contributed by atoms with Crippen LogP contribution in [0.4, 0.5) is 4.79 Å². The van der Waals surface area contributed by atoms with Gasteiger partial charge in [-0.15, -0.1) is 0 Å². The van der Waals surface area contributed by atoms with Gasteiger partial charge in [-0.05, 0) is 18.4 Å². The fourth-order valence-electron chi connectivity index (χ4n) is 2.55. The molecule has 1 amide bonds. The summed E-state index contributed by atoms with van der Waals surface area (Å²) in [5.41, 5.74) is 6.56. The molecule has 0 aliphatic carbocycles. The number of carbonyl (C=O) groups is 2. The van der Waals surface area contributed by atoms with Crippen molar-refractivity contribution < 1.29 is 19.1 Å². The Balaban J connectivity index is 2.02. The van der Waals surface area contributed by atoms with E-state index in [4.69, 9.17) is 15.2 Å². The lowest BCUT2D eigenvalue weighted by molar-refractivity contribution is -0.145. The van der Waals surface area contributed by atoms with E-state index >= 15 is 0 Å². The average Bonchev–Trinajstić information content (AvgIpc) is 2.96. The summed E-state index contributed by atoms with van der Waals surface area (Å²) >= 11 is 0. The van der Waals surface area contributed by atoms with Gasteiger partial charge in [0.15, 0.2) is 0 Å². The van der Waals surface area contributed by atoms with Gasteiger partial charge in [-0.3, -0.25) is 4.90 Å². The van der Waals surface area contributed by atoms with Crippen LogP contribution >= 0.6 is 0 Å². The third-order valence-electron chi connectivity index (χ3n) is 3.66. The van der Waals surface area contributed by atoms with Crippen LogP contribution in [0, 0.1) is 0 Å². The van der Waals surface area contributed by atoms with Crippen molar-refractivity contribution >= 4 is 12.1 Å². The molecule has 0 radical (unpaired) electrons. The Kier molecular flexibility index (Phi) is 5.16. The van der Waals surface area contributed by atoms with Gasteiger partial charge in [-0.2, -0.15) is 0 Å². The second-order valence-corrected chi connectivity index (χ2v) is 4.95. The van der Waals surface area contributed by atoms with E-state index in [0.29, 0.717) is 19.4 Å². The zero-order valence-corrected chi connectivity index (χ0v) is 12.0. The molecule has 0 bridgehead atoms. The van der Waals surface area contributed by atoms with E-state index < -0.39 is 18.1 Å². The molecule has 1 aromatic carbocycles. The molecule has 1 heterocycles. The van der Waals surface area contributed by atoms with Gasteiger partial charge >= 0.3 is 12.1 Å². The molecule has 1 fully saturated rings. The summed E-state index contributed by atoms with van der Waals surface area (Å²) in [6.45, 7) is 0.468. The molecule has 2 unspecified atom stereocenters. The topological polar surface area (TPSA) is 81.9 Å². The number of methoxy groups -OCH3 is 1.